The van der Waals surface area contributed by atoms with Gasteiger partial charge in [0.15, 0.2) is 0 Å². The van der Waals surface area contributed by atoms with Gasteiger partial charge in [-0.2, -0.15) is 0 Å². The summed E-state index contributed by atoms with van der Waals surface area (Å²) >= 11 is 0. The van der Waals surface area contributed by atoms with Crippen molar-refractivity contribution < 1.29 is 13.5 Å². The molecular formula is C15H23NO3S. The Morgan fingerprint density at radius 1 is 1.15 bits per heavy atom. The molecule has 0 fully saturated rings. The maximum atomic E-state index is 12.5. The molecule has 0 saturated carbocycles. The van der Waals surface area contributed by atoms with Crippen LogP contribution in [0.5, 0.6) is 0 Å². The number of aliphatic hydroxyl groups excluding tert-OH is 1. The highest BCUT2D eigenvalue weighted by Gasteiger charge is 2.22. The van der Waals surface area contributed by atoms with E-state index >= 15 is 0 Å². The Labute approximate surface area is 121 Å². The molecule has 0 atom stereocenters. The van der Waals surface area contributed by atoms with Crippen LogP contribution in [0.15, 0.2) is 23.1 Å². The molecule has 5 heteroatoms. The van der Waals surface area contributed by atoms with Gasteiger partial charge < -0.3 is 5.11 Å². The number of aryl methyl sites for hydroxylation is 2. The fourth-order valence-corrected chi connectivity index (χ4v) is 3.89. The molecule has 112 valence electrons. The maximum Gasteiger partial charge on any atom is 0.242 e. The number of nitrogens with zero attached hydrogens (tertiary/aromatic N) is 1. The molecule has 1 aliphatic carbocycles. The molecule has 20 heavy (non-hydrogen) atoms. The van der Waals surface area contributed by atoms with Crippen LogP contribution in [0, 0.1) is 0 Å². The lowest BCUT2D eigenvalue weighted by atomic mass is 10.1. The number of benzene rings is 1. The Morgan fingerprint density at radius 3 is 2.65 bits per heavy atom. The second kappa shape index (κ2) is 6.70. The Bertz CT molecular complexity index is 554. The summed E-state index contributed by atoms with van der Waals surface area (Å²) < 4.78 is 26.4. The quantitative estimate of drug-likeness (QED) is 0.783. The van der Waals surface area contributed by atoms with Crippen LogP contribution in [-0.2, 0) is 22.9 Å². The highest BCUT2D eigenvalue weighted by Crippen LogP contribution is 2.26. The smallest absolute Gasteiger partial charge is 0.242 e. The van der Waals surface area contributed by atoms with E-state index in [-0.39, 0.29) is 6.61 Å². The van der Waals surface area contributed by atoms with Gasteiger partial charge in [-0.3, -0.25) is 0 Å². The molecule has 0 radical (unpaired) electrons. The second-order valence-corrected chi connectivity index (χ2v) is 7.44. The van der Waals surface area contributed by atoms with Crippen molar-refractivity contribution in [3.8, 4) is 0 Å². The van der Waals surface area contributed by atoms with E-state index < -0.39 is 10.0 Å². The summed E-state index contributed by atoms with van der Waals surface area (Å²) in [6, 6.07) is 5.51. The number of fused-ring (bicyclic) bond motifs is 1. The maximum absolute atomic E-state index is 12.5. The molecular weight excluding hydrogens is 274 g/mol. The Morgan fingerprint density at radius 2 is 1.90 bits per heavy atom. The van der Waals surface area contributed by atoms with E-state index in [0.717, 1.165) is 38.5 Å². The summed E-state index contributed by atoms with van der Waals surface area (Å²) in [5.41, 5.74) is 2.47. The van der Waals surface area contributed by atoms with Crippen molar-refractivity contribution in [2.45, 2.75) is 43.4 Å². The zero-order chi connectivity index (χ0) is 14.6. The fourth-order valence-electron chi connectivity index (χ4n) is 2.63. The highest BCUT2D eigenvalue weighted by atomic mass is 32.2. The number of rotatable bonds is 7. The highest BCUT2D eigenvalue weighted by molar-refractivity contribution is 7.89. The SMILES string of the molecule is CN(CCCCCO)S(=O)(=O)c1ccc2c(c1)CCC2. The van der Waals surface area contributed by atoms with Crippen LogP contribution < -0.4 is 0 Å². The lowest BCUT2D eigenvalue weighted by molar-refractivity contribution is 0.281. The molecule has 1 aromatic rings. The van der Waals surface area contributed by atoms with E-state index in [9.17, 15) is 8.42 Å². The van der Waals surface area contributed by atoms with Crippen LogP contribution in [0.3, 0.4) is 0 Å². The van der Waals surface area contributed by atoms with E-state index in [1.54, 1.807) is 13.1 Å². The van der Waals surface area contributed by atoms with Crippen LogP contribution in [0.1, 0.15) is 36.8 Å². The zero-order valence-electron chi connectivity index (χ0n) is 12.0. The van der Waals surface area contributed by atoms with Gasteiger partial charge in [-0.15, -0.1) is 0 Å². The van der Waals surface area contributed by atoms with Gasteiger partial charge >= 0.3 is 0 Å². The van der Waals surface area contributed by atoms with Crippen molar-refractivity contribution in [1.82, 2.24) is 4.31 Å². The summed E-state index contributed by atoms with van der Waals surface area (Å²) in [6.07, 6.45) is 5.52. The predicted octanol–water partition coefficient (Wildman–Crippen LogP) is 1.96. The van der Waals surface area contributed by atoms with Crippen molar-refractivity contribution in [3.63, 3.8) is 0 Å². The van der Waals surface area contributed by atoms with Crippen LogP contribution in [0.4, 0.5) is 0 Å². The summed E-state index contributed by atoms with van der Waals surface area (Å²) in [5, 5.41) is 8.73. The third-order valence-electron chi connectivity index (χ3n) is 3.91. The van der Waals surface area contributed by atoms with E-state index in [1.807, 2.05) is 12.1 Å². The van der Waals surface area contributed by atoms with Crippen molar-refractivity contribution in [2.24, 2.45) is 0 Å². The molecule has 1 aromatic carbocycles. The van der Waals surface area contributed by atoms with E-state index in [1.165, 1.54) is 15.4 Å². The normalized spacial score (nSPS) is 14.8. The topological polar surface area (TPSA) is 57.6 Å². The Hall–Kier alpha value is -0.910. The average molecular weight is 297 g/mol. The van der Waals surface area contributed by atoms with Gasteiger partial charge in [-0.25, -0.2) is 12.7 Å². The molecule has 0 heterocycles. The summed E-state index contributed by atoms with van der Waals surface area (Å²) in [7, 11) is -1.75. The van der Waals surface area contributed by atoms with Crippen molar-refractivity contribution in [1.29, 1.82) is 0 Å². The monoisotopic (exact) mass is 297 g/mol. The first-order valence-electron chi connectivity index (χ1n) is 7.24. The first-order chi connectivity index (χ1) is 9.55. The molecule has 0 saturated heterocycles. The van der Waals surface area contributed by atoms with Crippen LogP contribution in [-0.4, -0.2) is 38.0 Å². The van der Waals surface area contributed by atoms with Gasteiger partial charge in [0.2, 0.25) is 10.0 Å². The van der Waals surface area contributed by atoms with Crippen molar-refractivity contribution in [2.75, 3.05) is 20.2 Å². The molecule has 0 aliphatic heterocycles. The number of unbranched alkanes of at least 4 members (excludes halogenated alkanes) is 2. The van der Waals surface area contributed by atoms with Crippen LogP contribution >= 0.6 is 0 Å². The molecule has 0 aromatic heterocycles. The lowest BCUT2D eigenvalue weighted by Gasteiger charge is -2.17. The lowest BCUT2D eigenvalue weighted by Crippen LogP contribution is -2.28. The molecule has 0 spiro atoms. The average Bonchev–Trinajstić information content (AvgIpc) is 2.90. The number of sulfonamides is 1. The van der Waals surface area contributed by atoms with Crippen molar-refractivity contribution >= 4 is 10.0 Å². The molecule has 1 N–H and O–H groups in total. The predicted molar refractivity (Wildman–Crippen MR) is 79.2 cm³/mol. The largest absolute Gasteiger partial charge is 0.396 e. The van der Waals surface area contributed by atoms with Gasteiger partial charge in [-0.05, 0) is 61.8 Å². The number of hydrogen-bond donors (Lipinski definition) is 1. The summed E-state index contributed by atoms with van der Waals surface area (Å²) in [4.78, 5) is 0.405. The van der Waals surface area contributed by atoms with Gasteiger partial charge in [0.05, 0.1) is 4.90 Å². The zero-order valence-corrected chi connectivity index (χ0v) is 12.8. The number of hydrogen-bond acceptors (Lipinski definition) is 3. The van der Waals surface area contributed by atoms with E-state index in [2.05, 4.69) is 0 Å². The first kappa shape index (κ1) is 15.5. The molecule has 0 bridgehead atoms. The molecule has 1 aliphatic rings. The third-order valence-corrected chi connectivity index (χ3v) is 5.76. The molecule has 0 amide bonds. The summed E-state index contributed by atoms with van der Waals surface area (Å²) in [5.74, 6) is 0. The second-order valence-electron chi connectivity index (χ2n) is 5.39. The number of aliphatic hydroxyl groups is 1. The van der Waals surface area contributed by atoms with Crippen LogP contribution in [0.2, 0.25) is 0 Å². The standard InChI is InChI=1S/C15H23NO3S/c1-16(10-3-2-4-11-17)20(18,19)15-9-8-13-6-5-7-14(13)12-15/h8-9,12,17H,2-7,10-11H2,1H3. The Balaban J connectivity index is 2.05. The van der Waals surface area contributed by atoms with Gasteiger partial charge in [-0.1, -0.05) is 6.07 Å². The van der Waals surface area contributed by atoms with E-state index in [4.69, 9.17) is 5.11 Å². The minimum Gasteiger partial charge on any atom is -0.396 e. The minimum atomic E-state index is -3.38. The molecule has 2 rings (SSSR count). The van der Waals surface area contributed by atoms with Gasteiger partial charge in [0.1, 0.15) is 0 Å². The third kappa shape index (κ3) is 3.40. The van der Waals surface area contributed by atoms with Gasteiger partial charge in [0.25, 0.3) is 0 Å². The molecule has 0 unspecified atom stereocenters. The Kier molecular flexibility index (Phi) is 5.18. The van der Waals surface area contributed by atoms with E-state index in [0.29, 0.717) is 11.4 Å². The van der Waals surface area contributed by atoms with Crippen LogP contribution in [0.25, 0.3) is 0 Å². The first-order valence-corrected chi connectivity index (χ1v) is 8.68. The van der Waals surface area contributed by atoms with Gasteiger partial charge in [0, 0.05) is 20.2 Å². The fraction of sp³-hybridized carbons (Fsp3) is 0.600. The summed E-state index contributed by atoms with van der Waals surface area (Å²) in [6.45, 7) is 0.667. The van der Waals surface area contributed by atoms with Crippen molar-refractivity contribution in [3.05, 3.63) is 29.3 Å². The minimum absolute atomic E-state index is 0.168. The molecule has 4 nitrogen and oxygen atoms in total.